The zero-order valence-electron chi connectivity index (χ0n) is 15.2. The average molecular weight is 394 g/mol. The second-order valence-corrected chi connectivity index (χ2v) is 5.95. The number of rotatable bonds is 7. The number of urea groups is 1. The summed E-state index contributed by atoms with van der Waals surface area (Å²) in [5.74, 6) is 0.808. The maximum atomic E-state index is 12.3. The Balaban J connectivity index is 1.60. The summed E-state index contributed by atoms with van der Waals surface area (Å²) in [4.78, 5) is 26.9. The minimum Gasteiger partial charge on any atom is -0.467 e. The van der Waals surface area contributed by atoms with Crippen molar-refractivity contribution in [2.45, 2.75) is 26.0 Å². The van der Waals surface area contributed by atoms with Gasteiger partial charge in [0.05, 0.1) is 13.7 Å². The quantitative estimate of drug-likeness (QED) is 0.744. The lowest BCUT2D eigenvalue weighted by atomic mass is 10.3. The van der Waals surface area contributed by atoms with Gasteiger partial charge in [-0.05, 0) is 25.0 Å². The van der Waals surface area contributed by atoms with Crippen LogP contribution in [0.15, 0.2) is 24.3 Å². The lowest BCUT2D eigenvalue weighted by molar-refractivity contribution is -0.0497. The van der Waals surface area contributed by atoms with Crippen molar-refractivity contribution < 1.29 is 23.0 Å². The molecule has 3 rings (SSSR count). The molecule has 2 aromatic rings. The molecule has 1 aromatic heterocycles. The third-order valence-corrected chi connectivity index (χ3v) is 3.95. The number of hydrogen-bond donors (Lipinski definition) is 2. The van der Waals surface area contributed by atoms with Gasteiger partial charge < -0.3 is 25.0 Å². The van der Waals surface area contributed by atoms with Crippen LogP contribution in [0.1, 0.15) is 18.7 Å². The van der Waals surface area contributed by atoms with E-state index in [1.165, 1.54) is 25.3 Å². The van der Waals surface area contributed by atoms with Crippen LogP contribution in [-0.2, 0) is 6.54 Å². The van der Waals surface area contributed by atoms with Gasteiger partial charge in [0.1, 0.15) is 5.75 Å². The average Bonchev–Trinajstić information content (AvgIpc) is 3.21. The molecule has 2 heterocycles. The molecule has 11 heteroatoms. The normalized spacial score (nSPS) is 13.5. The molecule has 0 bridgehead atoms. The van der Waals surface area contributed by atoms with E-state index >= 15 is 0 Å². The fourth-order valence-electron chi connectivity index (χ4n) is 2.70. The van der Waals surface area contributed by atoms with Crippen LogP contribution >= 0.6 is 0 Å². The highest BCUT2D eigenvalue weighted by molar-refractivity contribution is 5.89. The molecule has 28 heavy (non-hydrogen) atoms. The van der Waals surface area contributed by atoms with Crippen molar-refractivity contribution in [3.8, 4) is 11.8 Å². The fraction of sp³-hybridized carbons (Fsp3) is 0.412. The Labute approximate surface area is 160 Å². The molecule has 1 aliphatic rings. The highest BCUT2D eigenvalue weighted by Gasteiger charge is 2.18. The molecular weight excluding hydrogens is 374 g/mol. The third-order valence-electron chi connectivity index (χ3n) is 3.95. The van der Waals surface area contributed by atoms with Crippen LogP contribution in [0.4, 0.5) is 25.2 Å². The molecule has 0 spiro atoms. The number of hydrogen-bond acceptors (Lipinski definition) is 7. The smallest absolute Gasteiger partial charge is 0.387 e. The predicted octanol–water partition coefficient (Wildman–Crippen LogP) is 2.40. The van der Waals surface area contributed by atoms with E-state index in [-0.39, 0.29) is 18.3 Å². The van der Waals surface area contributed by atoms with Gasteiger partial charge in [-0.3, -0.25) is 0 Å². The Morgan fingerprint density at radius 2 is 2.04 bits per heavy atom. The number of anilines is 2. The third kappa shape index (κ3) is 5.38. The van der Waals surface area contributed by atoms with Gasteiger partial charge in [0.15, 0.2) is 5.82 Å². The van der Waals surface area contributed by atoms with Gasteiger partial charge in [-0.25, -0.2) is 4.79 Å². The first-order valence-corrected chi connectivity index (χ1v) is 8.67. The van der Waals surface area contributed by atoms with Crippen LogP contribution in [0.3, 0.4) is 0 Å². The molecule has 0 radical (unpaired) electrons. The Morgan fingerprint density at radius 3 is 2.75 bits per heavy atom. The first kappa shape index (κ1) is 19.5. The van der Waals surface area contributed by atoms with Crippen molar-refractivity contribution in [2.24, 2.45) is 0 Å². The van der Waals surface area contributed by atoms with Gasteiger partial charge in [0.25, 0.3) is 0 Å². The lowest BCUT2D eigenvalue weighted by Crippen LogP contribution is -2.29. The zero-order chi connectivity index (χ0) is 19.9. The Morgan fingerprint density at radius 1 is 1.25 bits per heavy atom. The van der Waals surface area contributed by atoms with Crippen LogP contribution < -0.4 is 25.0 Å². The molecule has 150 valence electrons. The van der Waals surface area contributed by atoms with Crippen LogP contribution in [-0.4, -0.2) is 47.8 Å². The van der Waals surface area contributed by atoms with Gasteiger partial charge >= 0.3 is 18.7 Å². The van der Waals surface area contributed by atoms with Crippen molar-refractivity contribution in [3.63, 3.8) is 0 Å². The number of carbonyl (C=O) groups excluding carboxylic acids is 1. The number of alkyl halides is 2. The van der Waals surface area contributed by atoms with Crippen molar-refractivity contribution in [3.05, 3.63) is 30.1 Å². The highest BCUT2D eigenvalue weighted by Crippen LogP contribution is 2.20. The molecule has 2 N–H and O–H groups in total. The Hall–Kier alpha value is -3.24. The number of benzene rings is 1. The standard InChI is InChI=1S/C17H20F2N6O3/c1-27-17-23-13(22-15(24-17)25-7-2-3-8-25)10-20-16(26)21-11-5-4-6-12(9-11)28-14(18)19/h4-6,9,14H,2-3,7-8,10H2,1H3,(H2,20,21,26). The summed E-state index contributed by atoms with van der Waals surface area (Å²) >= 11 is 0. The summed E-state index contributed by atoms with van der Waals surface area (Å²) < 4.78 is 34.0. The summed E-state index contributed by atoms with van der Waals surface area (Å²) in [6.45, 7) is -1.18. The van der Waals surface area contributed by atoms with E-state index < -0.39 is 12.6 Å². The van der Waals surface area contributed by atoms with Crippen LogP contribution in [0.5, 0.6) is 11.8 Å². The number of amides is 2. The fourth-order valence-corrected chi connectivity index (χ4v) is 2.70. The van der Waals surface area contributed by atoms with Gasteiger partial charge in [0, 0.05) is 24.8 Å². The molecular formula is C17H20F2N6O3. The molecule has 1 aliphatic heterocycles. The SMILES string of the molecule is COc1nc(CNC(=O)Nc2cccc(OC(F)F)c2)nc(N2CCCC2)n1. The molecule has 0 aliphatic carbocycles. The summed E-state index contributed by atoms with van der Waals surface area (Å²) in [5.41, 5.74) is 0.307. The largest absolute Gasteiger partial charge is 0.467 e. The van der Waals surface area contributed by atoms with E-state index in [2.05, 4.69) is 30.3 Å². The van der Waals surface area contributed by atoms with Crippen molar-refractivity contribution in [2.75, 3.05) is 30.4 Å². The highest BCUT2D eigenvalue weighted by atomic mass is 19.3. The summed E-state index contributed by atoms with van der Waals surface area (Å²) in [7, 11) is 1.46. The van der Waals surface area contributed by atoms with Crippen molar-refractivity contribution in [1.82, 2.24) is 20.3 Å². The number of nitrogens with zero attached hydrogens (tertiary/aromatic N) is 4. The minimum atomic E-state index is -2.94. The Kier molecular flexibility index (Phi) is 6.35. The summed E-state index contributed by atoms with van der Waals surface area (Å²) in [6, 6.07) is 5.33. The number of nitrogens with one attached hydrogen (secondary N) is 2. The van der Waals surface area contributed by atoms with Gasteiger partial charge in [-0.1, -0.05) is 6.07 Å². The van der Waals surface area contributed by atoms with Crippen LogP contribution in [0.2, 0.25) is 0 Å². The second-order valence-electron chi connectivity index (χ2n) is 5.95. The van der Waals surface area contributed by atoms with E-state index in [0.717, 1.165) is 25.9 Å². The lowest BCUT2D eigenvalue weighted by Gasteiger charge is -2.16. The number of carbonyl (C=O) groups is 1. The molecule has 0 saturated carbocycles. The van der Waals surface area contributed by atoms with E-state index in [9.17, 15) is 13.6 Å². The van der Waals surface area contributed by atoms with Crippen LogP contribution in [0, 0.1) is 0 Å². The number of halogens is 2. The van der Waals surface area contributed by atoms with Gasteiger partial charge in [-0.15, -0.1) is 0 Å². The van der Waals surface area contributed by atoms with E-state index in [1.807, 2.05) is 4.90 Å². The summed E-state index contributed by atoms with van der Waals surface area (Å²) in [5, 5.41) is 5.15. The number of ether oxygens (including phenoxy) is 2. The Bertz CT molecular complexity index is 817. The van der Waals surface area contributed by atoms with Crippen LogP contribution in [0.25, 0.3) is 0 Å². The molecule has 2 amide bonds. The zero-order valence-corrected chi connectivity index (χ0v) is 15.2. The van der Waals surface area contributed by atoms with E-state index in [1.54, 1.807) is 6.07 Å². The van der Waals surface area contributed by atoms with Crippen molar-refractivity contribution in [1.29, 1.82) is 0 Å². The predicted molar refractivity (Wildman–Crippen MR) is 96.8 cm³/mol. The second kappa shape index (κ2) is 9.11. The topological polar surface area (TPSA) is 102 Å². The van der Waals surface area contributed by atoms with E-state index in [0.29, 0.717) is 17.5 Å². The molecule has 1 saturated heterocycles. The first-order valence-electron chi connectivity index (χ1n) is 8.67. The maximum absolute atomic E-state index is 12.3. The summed E-state index contributed by atoms with van der Waals surface area (Å²) in [6.07, 6.45) is 2.14. The monoisotopic (exact) mass is 394 g/mol. The van der Waals surface area contributed by atoms with Crippen molar-refractivity contribution >= 4 is 17.7 Å². The maximum Gasteiger partial charge on any atom is 0.387 e. The van der Waals surface area contributed by atoms with Gasteiger partial charge in [0.2, 0.25) is 5.95 Å². The molecule has 9 nitrogen and oxygen atoms in total. The molecule has 0 unspecified atom stereocenters. The first-order chi connectivity index (χ1) is 13.5. The van der Waals surface area contributed by atoms with Gasteiger partial charge in [-0.2, -0.15) is 23.7 Å². The minimum absolute atomic E-state index is 0.0405. The number of aromatic nitrogens is 3. The molecule has 1 fully saturated rings. The number of methoxy groups -OCH3 is 1. The molecule has 1 aromatic carbocycles. The van der Waals surface area contributed by atoms with E-state index in [4.69, 9.17) is 4.74 Å². The molecule has 0 atom stereocenters.